The first-order valence-corrected chi connectivity index (χ1v) is 6.64. The van der Waals surface area contributed by atoms with Gasteiger partial charge in [-0.25, -0.2) is 0 Å². The third kappa shape index (κ3) is 1.85. The van der Waals surface area contributed by atoms with E-state index in [1.165, 1.54) is 0 Å². The zero-order valence-corrected chi connectivity index (χ0v) is 12.0. The van der Waals surface area contributed by atoms with Gasteiger partial charge in [-0.05, 0) is 20.3 Å². The first-order chi connectivity index (χ1) is 7.90. The Labute approximate surface area is 108 Å². The molecule has 3 atom stereocenters. The van der Waals surface area contributed by atoms with Crippen molar-refractivity contribution in [2.75, 3.05) is 0 Å². The summed E-state index contributed by atoms with van der Waals surface area (Å²) in [6, 6.07) is 0. The van der Waals surface area contributed by atoms with Crippen molar-refractivity contribution in [1.82, 2.24) is 9.78 Å². The van der Waals surface area contributed by atoms with Gasteiger partial charge in [-0.3, -0.25) is 4.68 Å². The average Bonchev–Trinajstić information content (AvgIpc) is 2.53. The highest BCUT2D eigenvalue weighted by molar-refractivity contribution is 6.21. The van der Waals surface area contributed by atoms with Crippen molar-refractivity contribution in [3.05, 3.63) is 11.4 Å². The normalized spacial score (nSPS) is 32.4. The van der Waals surface area contributed by atoms with E-state index in [9.17, 15) is 0 Å². The fraction of sp³-hybridized carbons (Fsp3) is 0.769. The summed E-state index contributed by atoms with van der Waals surface area (Å²) in [7, 11) is 1.94. The van der Waals surface area contributed by atoms with Gasteiger partial charge in [-0.1, -0.05) is 13.8 Å². The summed E-state index contributed by atoms with van der Waals surface area (Å²) in [5, 5.41) is 4.60. The van der Waals surface area contributed by atoms with Crippen LogP contribution in [0.25, 0.3) is 0 Å². The van der Waals surface area contributed by atoms with Crippen molar-refractivity contribution < 1.29 is 4.74 Å². The molecule has 1 aliphatic rings. The highest BCUT2D eigenvalue weighted by Gasteiger charge is 2.51. The predicted octanol–water partition coefficient (Wildman–Crippen LogP) is 3.21. The van der Waals surface area contributed by atoms with Crippen molar-refractivity contribution in [2.45, 2.75) is 52.0 Å². The number of hydrogen-bond acceptors (Lipinski definition) is 2. The number of alkyl halides is 1. The molecule has 1 aromatic heterocycles. The molecular formula is C13H21ClN2O. The summed E-state index contributed by atoms with van der Waals surface area (Å²) in [6.07, 6.45) is 2.20. The summed E-state index contributed by atoms with van der Waals surface area (Å²) in [6.45, 7) is 8.41. The molecule has 17 heavy (non-hydrogen) atoms. The van der Waals surface area contributed by atoms with Gasteiger partial charge in [0.2, 0.25) is 0 Å². The molecule has 0 spiro atoms. The van der Waals surface area contributed by atoms with Crippen LogP contribution in [0.15, 0.2) is 0 Å². The molecule has 1 fully saturated rings. The van der Waals surface area contributed by atoms with E-state index in [1.807, 2.05) is 25.6 Å². The average molecular weight is 257 g/mol. The Morgan fingerprint density at radius 2 is 2.18 bits per heavy atom. The van der Waals surface area contributed by atoms with Crippen LogP contribution in [0, 0.1) is 19.3 Å². The maximum absolute atomic E-state index is 6.30. The van der Waals surface area contributed by atoms with Crippen molar-refractivity contribution in [3.63, 3.8) is 0 Å². The van der Waals surface area contributed by atoms with E-state index in [4.69, 9.17) is 16.3 Å². The molecule has 0 amide bonds. The summed E-state index contributed by atoms with van der Waals surface area (Å²) in [5.41, 5.74) is 2.14. The van der Waals surface area contributed by atoms with E-state index >= 15 is 0 Å². The third-order valence-corrected chi connectivity index (χ3v) is 5.01. The van der Waals surface area contributed by atoms with E-state index in [0.717, 1.165) is 30.0 Å². The molecule has 1 aromatic rings. The Bertz CT molecular complexity index is 429. The molecule has 4 heteroatoms. The molecule has 1 heterocycles. The lowest BCUT2D eigenvalue weighted by molar-refractivity contribution is -0.0302. The minimum atomic E-state index is 0.0935. The van der Waals surface area contributed by atoms with Crippen molar-refractivity contribution in [3.8, 4) is 5.75 Å². The van der Waals surface area contributed by atoms with Gasteiger partial charge in [0.1, 0.15) is 11.8 Å². The molecule has 1 aliphatic carbocycles. The van der Waals surface area contributed by atoms with Crippen LogP contribution >= 0.6 is 11.6 Å². The largest absolute Gasteiger partial charge is 0.486 e. The Morgan fingerprint density at radius 3 is 2.59 bits per heavy atom. The maximum Gasteiger partial charge on any atom is 0.163 e. The van der Waals surface area contributed by atoms with E-state index < -0.39 is 0 Å². The van der Waals surface area contributed by atoms with Gasteiger partial charge in [-0.15, -0.1) is 11.6 Å². The number of nitrogens with zero attached hydrogens (tertiary/aromatic N) is 2. The number of halogens is 1. The van der Waals surface area contributed by atoms with Crippen LogP contribution in [-0.4, -0.2) is 21.3 Å². The molecule has 0 N–H and O–H groups in total. The Hall–Kier alpha value is -0.700. The second-order valence-corrected chi connectivity index (χ2v) is 5.82. The van der Waals surface area contributed by atoms with Crippen LogP contribution in [0.5, 0.6) is 5.75 Å². The summed E-state index contributed by atoms with van der Waals surface area (Å²) in [4.78, 5) is 0. The highest BCUT2D eigenvalue weighted by atomic mass is 35.5. The Kier molecular flexibility index (Phi) is 3.15. The number of hydrogen-bond donors (Lipinski definition) is 0. The maximum atomic E-state index is 6.30. The minimum Gasteiger partial charge on any atom is -0.486 e. The molecular weight excluding hydrogens is 236 g/mol. The first-order valence-electron chi connectivity index (χ1n) is 6.21. The molecule has 0 aliphatic heterocycles. The summed E-state index contributed by atoms with van der Waals surface area (Å²) < 4.78 is 8.01. The Balaban J connectivity index is 2.17. The molecule has 2 rings (SSSR count). The fourth-order valence-corrected chi connectivity index (χ4v) is 2.92. The van der Waals surface area contributed by atoms with E-state index in [2.05, 4.69) is 18.9 Å². The van der Waals surface area contributed by atoms with Crippen LogP contribution in [0.1, 0.15) is 38.1 Å². The fourth-order valence-electron chi connectivity index (χ4n) is 2.47. The molecule has 96 valence electrons. The van der Waals surface area contributed by atoms with Crippen LogP contribution < -0.4 is 4.74 Å². The van der Waals surface area contributed by atoms with Gasteiger partial charge in [0, 0.05) is 24.3 Å². The Morgan fingerprint density at radius 1 is 1.53 bits per heavy atom. The number of ether oxygens (including phenoxy) is 1. The molecule has 1 saturated carbocycles. The smallest absolute Gasteiger partial charge is 0.163 e. The van der Waals surface area contributed by atoms with Crippen molar-refractivity contribution in [1.29, 1.82) is 0 Å². The van der Waals surface area contributed by atoms with Crippen LogP contribution in [-0.2, 0) is 7.05 Å². The lowest BCUT2D eigenvalue weighted by atomic mass is 9.65. The molecule has 0 aromatic carbocycles. The van der Waals surface area contributed by atoms with Crippen LogP contribution in [0.3, 0.4) is 0 Å². The van der Waals surface area contributed by atoms with E-state index in [0.29, 0.717) is 0 Å². The second kappa shape index (κ2) is 4.20. The third-order valence-electron chi connectivity index (χ3n) is 4.34. The van der Waals surface area contributed by atoms with Crippen LogP contribution in [0.4, 0.5) is 0 Å². The standard InChI is InChI=1S/C13H21ClN2O/c1-6-13(4)10(14)7-11(13)17-12-8(2)15-16(5)9(12)3/h10-11H,6-7H2,1-5H3. The lowest BCUT2D eigenvalue weighted by Crippen LogP contribution is -2.55. The first kappa shape index (κ1) is 12.7. The van der Waals surface area contributed by atoms with E-state index in [1.54, 1.807) is 0 Å². The molecule has 3 nitrogen and oxygen atoms in total. The highest BCUT2D eigenvalue weighted by Crippen LogP contribution is 2.49. The van der Waals surface area contributed by atoms with Gasteiger partial charge < -0.3 is 4.74 Å². The zero-order valence-electron chi connectivity index (χ0n) is 11.2. The zero-order chi connectivity index (χ0) is 12.8. The van der Waals surface area contributed by atoms with Crippen LogP contribution in [0.2, 0.25) is 0 Å². The quantitative estimate of drug-likeness (QED) is 0.777. The number of aryl methyl sites for hydroxylation is 2. The SMILES string of the molecule is CCC1(C)C(Cl)CC1Oc1c(C)nn(C)c1C. The van der Waals surface area contributed by atoms with Gasteiger partial charge in [0.05, 0.1) is 5.69 Å². The van der Waals surface area contributed by atoms with Gasteiger partial charge in [0.25, 0.3) is 0 Å². The second-order valence-electron chi connectivity index (χ2n) is 5.29. The van der Waals surface area contributed by atoms with Gasteiger partial charge in [-0.2, -0.15) is 5.10 Å². The minimum absolute atomic E-state index is 0.0935. The molecule has 0 radical (unpaired) electrons. The predicted molar refractivity (Wildman–Crippen MR) is 69.8 cm³/mol. The molecule has 0 saturated heterocycles. The van der Waals surface area contributed by atoms with Gasteiger partial charge in [0.15, 0.2) is 5.75 Å². The van der Waals surface area contributed by atoms with E-state index in [-0.39, 0.29) is 16.9 Å². The summed E-state index contributed by atoms with van der Waals surface area (Å²) in [5.74, 6) is 0.931. The number of aromatic nitrogens is 2. The molecule has 0 bridgehead atoms. The van der Waals surface area contributed by atoms with Gasteiger partial charge >= 0.3 is 0 Å². The van der Waals surface area contributed by atoms with Crippen molar-refractivity contribution >= 4 is 11.6 Å². The van der Waals surface area contributed by atoms with Crippen molar-refractivity contribution in [2.24, 2.45) is 12.5 Å². The number of rotatable bonds is 3. The monoisotopic (exact) mass is 256 g/mol. The topological polar surface area (TPSA) is 27.1 Å². The molecule has 3 unspecified atom stereocenters. The summed E-state index contributed by atoms with van der Waals surface area (Å²) >= 11 is 6.30. The lowest BCUT2D eigenvalue weighted by Gasteiger charge is -2.50.